The van der Waals surface area contributed by atoms with Gasteiger partial charge in [-0.2, -0.15) is 0 Å². The van der Waals surface area contributed by atoms with Crippen molar-refractivity contribution in [3.8, 4) is 0 Å². The normalized spacial score (nSPS) is 20.1. The standard InChI is InChI=1S/C12H12N4O2/c13-9-3-1-2-8-11(14-6-16(8)9)7-4-5-10(17)15-12(7)18/h1-3,6-7H,4-5,13H2,(H,15,17,18). The minimum Gasteiger partial charge on any atom is -0.385 e. The minimum absolute atomic E-state index is 0.223. The highest BCUT2D eigenvalue weighted by molar-refractivity contribution is 6.01. The molecule has 6 heteroatoms. The maximum atomic E-state index is 11.8. The molecule has 2 aromatic heterocycles. The van der Waals surface area contributed by atoms with E-state index >= 15 is 0 Å². The summed E-state index contributed by atoms with van der Waals surface area (Å²) in [6.07, 6.45) is 2.44. The maximum Gasteiger partial charge on any atom is 0.235 e. The van der Waals surface area contributed by atoms with Gasteiger partial charge >= 0.3 is 0 Å². The fourth-order valence-corrected chi connectivity index (χ4v) is 2.28. The van der Waals surface area contributed by atoms with Crippen molar-refractivity contribution >= 4 is 23.1 Å². The van der Waals surface area contributed by atoms with Gasteiger partial charge in [-0.3, -0.25) is 19.3 Å². The van der Waals surface area contributed by atoms with Crippen LogP contribution in [0.1, 0.15) is 24.5 Å². The summed E-state index contributed by atoms with van der Waals surface area (Å²) in [6, 6.07) is 5.45. The van der Waals surface area contributed by atoms with Gasteiger partial charge in [-0.05, 0) is 18.6 Å². The topological polar surface area (TPSA) is 89.5 Å². The van der Waals surface area contributed by atoms with Crippen molar-refractivity contribution in [1.29, 1.82) is 0 Å². The molecule has 1 fully saturated rings. The molecule has 3 N–H and O–H groups in total. The lowest BCUT2D eigenvalue weighted by molar-refractivity contribution is -0.134. The lowest BCUT2D eigenvalue weighted by Crippen LogP contribution is -2.39. The van der Waals surface area contributed by atoms with Crippen molar-refractivity contribution in [1.82, 2.24) is 14.7 Å². The molecule has 0 aliphatic carbocycles. The zero-order chi connectivity index (χ0) is 12.7. The number of fused-ring (bicyclic) bond motifs is 1. The SMILES string of the molecule is Nc1cccc2c(C3CCC(=O)NC3=O)ncn12. The van der Waals surface area contributed by atoms with E-state index in [1.165, 1.54) is 0 Å². The Kier molecular flexibility index (Phi) is 2.29. The van der Waals surface area contributed by atoms with Crippen LogP contribution in [-0.4, -0.2) is 21.2 Å². The molecule has 0 radical (unpaired) electrons. The zero-order valence-electron chi connectivity index (χ0n) is 9.59. The fraction of sp³-hybridized carbons (Fsp3) is 0.250. The first-order chi connectivity index (χ1) is 8.66. The Labute approximate surface area is 103 Å². The van der Waals surface area contributed by atoms with Gasteiger partial charge in [-0.15, -0.1) is 0 Å². The summed E-state index contributed by atoms with van der Waals surface area (Å²) in [5, 5.41) is 2.34. The van der Waals surface area contributed by atoms with E-state index in [0.717, 1.165) is 5.52 Å². The highest BCUT2D eigenvalue weighted by atomic mass is 16.2. The molecule has 1 saturated heterocycles. The average Bonchev–Trinajstić information content (AvgIpc) is 2.74. The molecule has 92 valence electrons. The second-order valence-electron chi connectivity index (χ2n) is 4.34. The third-order valence-electron chi connectivity index (χ3n) is 3.20. The first kappa shape index (κ1) is 10.8. The van der Waals surface area contributed by atoms with Crippen LogP contribution < -0.4 is 11.1 Å². The molecule has 1 aliphatic rings. The first-order valence-electron chi connectivity index (χ1n) is 5.72. The summed E-state index contributed by atoms with van der Waals surface area (Å²) in [7, 11) is 0. The predicted molar refractivity (Wildman–Crippen MR) is 64.7 cm³/mol. The van der Waals surface area contributed by atoms with Crippen molar-refractivity contribution in [2.45, 2.75) is 18.8 Å². The monoisotopic (exact) mass is 244 g/mol. The smallest absolute Gasteiger partial charge is 0.235 e. The van der Waals surface area contributed by atoms with Crippen molar-refractivity contribution in [3.05, 3.63) is 30.2 Å². The third-order valence-corrected chi connectivity index (χ3v) is 3.20. The number of piperidine rings is 1. The highest BCUT2D eigenvalue weighted by Crippen LogP contribution is 2.27. The van der Waals surface area contributed by atoms with E-state index in [1.807, 2.05) is 12.1 Å². The Balaban J connectivity index is 2.07. The lowest BCUT2D eigenvalue weighted by Gasteiger charge is -2.19. The van der Waals surface area contributed by atoms with Gasteiger partial charge in [-0.1, -0.05) is 6.07 Å². The molecular weight excluding hydrogens is 232 g/mol. The van der Waals surface area contributed by atoms with Gasteiger partial charge in [0.05, 0.1) is 17.1 Å². The number of hydrogen-bond acceptors (Lipinski definition) is 4. The molecule has 1 aliphatic heterocycles. The van der Waals surface area contributed by atoms with E-state index in [-0.39, 0.29) is 17.7 Å². The number of carbonyl (C=O) groups is 2. The number of carbonyl (C=O) groups excluding carboxylic acids is 2. The van der Waals surface area contributed by atoms with E-state index in [1.54, 1.807) is 16.8 Å². The second kappa shape index (κ2) is 3.83. The molecule has 3 heterocycles. The van der Waals surface area contributed by atoms with Crippen LogP contribution >= 0.6 is 0 Å². The number of hydrogen-bond donors (Lipinski definition) is 2. The second-order valence-corrected chi connectivity index (χ2v) is 4.34. The van der Waals surface area contributed by atoms with Gasteiger partial charge in [0.25, 0.3) is 0 Å². The summed E-state index contributed by atoms with van der Waals surface area (Å²) in [4.78, 5) is 27.2. The van der Waals surface area contributed by atoms with Crippen molar-refractivity contribution in [3.63, 3.8) is 0 Å². The van der Waals surface area contributed by atoms with Crippen molar-refractivity contribution in [2.75, 3.05) is 5.73 Å². The lowest BCUT2D eigenvalue weighted by atomic mass is 9.94. The Hall–Kier alpha value is -2.37. The summed E-state index contributed by atoms with van der Waals surface area (Å²) >= 11 is 0. The van der Waals surface area contributed by atoms with Gasteiger partial charge in [0.2, 0.25) is 11.8 Å². The van der Waals surface area contributed by atoms with Crippen LogP contribution in [0.2, 0.25) is 0 Å². The molecule has 3 rings (SSSR count). The number of pyridine rings is 1. The van der Waals surface area contributed by atoms with E-state index in [0.29, 0.717) is 24.4 Å². The van der Waals surface area contributed by atoms with E-state index in [9.17, 15) is 9.59 Å². The van der Waals surface area contributed by atoms with Crippen LogP contribution in [-0.2, 0) is 9.59 Å². The highest BCUT2D eigenvalue weighted by Gasteiger charge is 2.30. The number of nitrogens with zero attached hydrogens (tertiary/aromatic N) is 2. The number of imide groups is 1. The van der Waals surface area contributed by atoms with Gasteiger partial charge in [-0.25, -0.2) is 4.98 Å². The molecule has 0 bridgehead atoms. The van der Waals surface area contributed by atoms with Gasteiger partial charge < -0.3 is 5.73 Å². The summed E-state index contributed by atoms with van der Waals surface area (Å²) in [5.41, 5.74) is 7.31. The number of nitrogens with one attached hydrogen (secondary N) is 1. The molecule has 18 heavy (non-hydrogen) atoms. The number of anilines is 1. The van der Waals surface area contributed by atoms with Crippen LogP contribution in [0, 0.1) is 0 Å². The first-order valence-corrected chi connectivity index (χ1v) is 5.72. The van der Waals surface area contributed by atoms with Gasteiger partial charge in [0.1, 0.15) is 12.1 Å². The molecule has 0 spiro atoms. The fourth-order valence-electron chi connectivity index (χ4n) is 2.28. The molecule has 2 aromatic rings. The molecule has 0 saturated carbocycles. The molecule has 1 atom stereocenters. The molecule has 6 nitrogen and oxygen atoms in total. The maximum absolute atomic E-state index is 11.8. The number of imidazole rings is 1. The van der Waals surface area contributed by atoms with Gasteiger partial charge in [0, 0.05) is 6.42 Å². The Morgan fingerprint density at radius 2 is 2.22 bits per heavy atom. The summed E-state index contributed by atoms with van der Waals surface area (Å²) in [5.74, 6) is -0.318. The van der Waals surface area contributed by atoms with Crippen LogP contribution in [0.3, 0.4) is 0 Å². The van der Waals surface area contributed by atoms with Crippen molar-refractivity contribution < 1.29 is 9.59 Å². The molecule has 2 amide bonds. The van der Waals surface area contributed by atoms with Crippen LogP contribution in [0.15, 0.2) is 24.5 Å². The van der Waals surface area contributed by atoms with Crippen molar-refractivity contribution in [2.24, 2.45) is 0 Å². The van der Waals surface area contributed by atoms with E-state index in [2.05, 4.69) is 10.3 Å². The van der Waals surface area contributed by atoms with Crippen LogP contribution in [0.4, 0.5) is 5.82 Å². The number of nitrogen functional groups attached to an aromatic ring is 1. The van der Waals surface area contributed by atoms with Crippen LogP contribution in [0.5, 0.6) is 0 Å². The average molecular weight is 244 g/mol. The largest absolute Gasteiger partial charge is 0.385 e. The number of rotatable bonds is 1. The van der Waals surface area contributed by atoms with Crippen LogP contribution in [0.25, 0.3) is 5.52 Å². The zero-order valence-corrected chi connectivity index (χ0v) is 9.59. The third kappa shape index (κ3) is 1.54. The Morgan fingerprint density at radius 3 is 3.00 bits per heavy atom. The molecule has 1 unspecified atom stereocenters. The Morgan fingerprint density at radius 1 is 1.39 bits per heavy atom. The van der Waals surface area contributed by atoms with E-state index in [4.69, 9.17) is 5.73 Å². The minimum atomic E-state index is -0.380. The summed E-state index contributed by atoms with van der Waals surface area (Å²) < 4.78 is 1.74. The molecule has 0 aromatic carbocycles. The number of nitrogens with two attached hydrogens (primary N) is 1. The summed E-state index contributed by atoms with van der Waals surface area (Å²) in [6.45, 7) is 0. The van der Waals surface area contributed by atoms with Gasteiger partial charge in [0.15, 0.2) is 0 Å². The molecular formula is C12H12N4O2. The quantitative estimate of drug-likeness (QED) is 0.712. The van der Waals surface area contributed by atoms with E-state index < -0.39 is 0 Å². The Bertz CT molecular complexity index is 647. The number of amides is 2. The number of aromatic nitrogens is 2. The predicted octanol–water partition coefficient (Wildman–Crippen LogP) is 0.437.